The molecule has 0 spiro atoms. The van der Waals surface area contributed by atoms with Crippen molar-refractivity contribution in [1.82, 2.24) is 9.97 Å². The van der Waals surface area contributed by atoms with Gasteiger partial charge in [-0.15, -0.1) is 0 Å². The predicted molar refractivity (Wildman–Crippen MR) is 75.3 cm³/mol. The van der Waals surface area contributed by atoms with Gasteiger partial charge in [-0.3, -0.25) is 0 Å². The summed E-state index contributed by atoms with van der Waals surface area (Å²) in [6, 6.07) is 0. The molecule has 1 rings (SSSR count). The first-order valence-electron chi connectivity index (χ1n) is 5.95. The van der Waals surface area contributed by atoms with E-state index in [0.717, 1.165) is 25.3 Å². The van der Waals surface area contributed by atoms with Crippen LogP contribution in [0.15, 0.2) is 12.4 Å². The van der Waals surface area contributed by atoms with Gasteiger partial charge in [0.1, 0.15) is 10.7 Å². The second-order valence-electron chi connectivity index (χ2n) is 4.14. The van der Waals surface area contributed by atoms with E-state index < -0.39 is 0 Å². The van der Waals surface area contributed by atoms with Crippen LogP contribution in [0.5, 0.6) is 0 Å². The lowest BCUT2D eigenvalue weighted by atomic mass is 10.1. The van der Waals surface area contributed by atoms with E-state index in [2.05, 4.69) is 35.6 Å². The van der Waals surface area contributed by atoms with E-state index in [1.54, 1.807) is 12.4 Å². The molecule has 0 fully saturated rings. The lowest BCUT2D eigenvalue weighted by molar-refractivity contribution is 0.545. The van der Waals surface area contributed by atoms with Crippen LogP contribution in [-0.2, 0) is 0 Å². The standard InChI is InChI=1S/C12H20N4S/c1-4-9(3)8-16(5-2)12-10(11(13)17)14-6-7-15-12/h6-7,9H,4-5,8H2,1-3H3,(H2,13,17). The lowest BCUT2D eigenvalue weighted by Gasteiger charge is -2.26. The Labute approximate surface area is 108 Å². The molecule has 1 atom stereocenters. The summed E-state index contributed by atoms with van der Waals surface area (Å²) < 4.78 is 0. The monoisotopic (exact) mass is 252 g/mol. The molecule has 0 aromatic carbocycles. The summed E-state index contributed by atoms with van der Waals surface area (Å²) in [6.07, 6.45) is 4.44. The van der Waals surface area contributed by atoms with Gasteiger partial charge in [0.25, 0.3) is 0 Å². The average Bonchev–Trinajstić information content (AvgIpc) is 2.35. The van der Waals surface area contributed by atoms with Crippen molar-refractivity contribution in [2.45, 2.75) is 27.2 Å². The Balaban J connectivity index is 2.99. The second-order valence-corrected chi connectivity index (χ2v) is 4.58. The van der Waals surface area contributed by atoms with Crippen molar-refractivity contribution in [3.63, 3.8) is 0 Å². The molecule has 5 heteroatoms. The Kier molecular flexibility index (Phi) is 5.28. The molecule has 0 aliphatic heterocycles. The highest BCUT2D eigenvalue weighted by molar-refractivity contribution is 7.80. The van der Waals surface area contributed by atoms with Gasteiger partial charge in [0.15, 0.2) is 5.82 Å². The van der Waals surface area contributed by atoms with Gasteiger partial charge in [-0.05, 0) is 12.8 Å². The van der Waals surface area contributed by atoms with Crippen LogP contribution in [-0.4, -0.2) is 28.0 Å². The van der Waals surface area contributed by atoms with E-state index in [-0.39, 0.29) is 0 Å². The van der Waals surface area contributed by atoms with Gasteiger partial charge in [0, 0.05) is 25.5 Å². The fourth-order valence-electron chi connectivity index (χ4n) is 1.61. The summed E-state index contributed by atoms with van der Waals surface area (Å²) in [5, 5.41) is 0. The minimum Gasteiger partial charge on any atom is -0.388 e. The summed E-state index contributed by atoms with van der Waals surface area (Å²) in [5.41, 5.74) is 6.29. The quantitative estimate of drug-likeness (QED) is 0.785. The molecule has 0 saturated heterocycles. The van der Waals surface area contributed by atoms with Gasteiger partial charge in [0.05, 0.1) is 0 Å². The minimum atomic E-state index is 0.302. The summed E-state index contributed by atoms with van der Waals surface area (Å²) in [4.78, 5) is 11.0. The van der Waals surface area contributed by atoms with E-state index in [4.69, 9.17) is 18.0 Å². The maximum absolute atomic E-state index is 5.67. The number of aromatic nitrogens is 2. The van der Waals surface area contributed by atoms with Crippen molar-refractivity contribution in [2.24, 2.45) is 11.7 Å². The van der Waals surface area contributed by atoms with Crippen LogP contribution >= 0.6 is 12.2 Å². The Morgan fingerprint density at radius 2 is 2.06 bits per heavy atom. The highest BCUT2D eigenvalue weighted by Crippen LogP contribution is 2.17. The smallest absolute Gasteiger partial charge is 0.157 e. The summed E-state index contributed by atoms with van der Waals surface area (Å²) >= 11 is 5.01. The fraction of sp³-hybridized carbons (Fsp3) is 0.583. The predicted octanol–water partition coefficient (Wildman–Crippen LogP) is 1.98. The van der Waals surface area contributed by atoms with Gasteiger partial charge in [-0.1, -0.05) is 32.5 Å². The number of anilines is 1. The van der Waals surface area contributed by atoms with Crippen LogP contribution in [0.3, 0.4) is 0 Å². The third-order valence-electron chi connectivity index (χ3n) is 2.82. The van der Waals surface area contributed by atoms with Crippen LogP contribution in [0.4, 0.5) is 5.82 Å². The third kappa shape index (κ3) is 3.63. The van der Waals surface area contributed by atoms with E-state index in [0.29, 0.717) is 16.6 Å². The summed E-state index contributed by atoms with van der Waals surface area (Å²) in [7, 11) is 0. The molecule has 0 radical (unpaired) electrons. The van der Waals surface area contributed by atoms with E-state index in [9.17, 15) is 0 Å². The minimum absolute atomic E-state index is 0.302. The van der Waals surface area contributed by atoms with Gasteiger partial charge in [-0.25, -0.2) is 9.97 Å². The molecule has 1 aromatic heterocycles. The molecule has 1 aromatic rings. The molecule has 0 bridgehead atoms. The molecular formula is C12H20N4S. The third-order valence-corrected chi connectivity index (χ3v) is 3.02. The number of nitrogens with two attached hydrogens (primary N) is 1. The molecule has 1 unspecified atom stereocenters. The zero-order chi connectivity index (χ0) is 12.8. The topological polar surface area (TPSA) is 55.0 Å². The fourth-order valence-corrected chi connectivity index (χ4v) is 1.75. The van der Waals surface area contributed by atoms with Gasteiger partial charge < -0.3 is 10.6 Å². The number of rotatable bonds is 6. The molecule has 4 nitrogen and oxygen atoms in total. The van der Waals surface area contributed by atoms with Crippen LogP contribution in [0.25, 0.3) is 0 Å². The molecule has 17 heavy (non-hydrogen) atoms. The maximum atomic E-state index is 5.67. The van der Waals surface area contributed by atoms with Crippen molar-refractivity contribution >= 4 is 23.0 Å². The molecule has 1 heterocycles. The van der Waals surface area contributed by atoms with E-state index in [1.165, 1.54) is 0 Å². The summed E-state index contributed by atoms with van der Waals surface area (Å²) in [6.45, 7) is 8.32. The van der Waals surface area contributed by atoms with Gasteiger partial charge >= 0.3 is 0 Å². The molecule has 0 aliphatic carbocycles. The molecule has 0 saturated carbocycles. The van der Waals surface area contributed by atoms with Crippen LogP contribution < -0.4 is 10.6 Å². The van der Waals surface area contributed by atoms with Crippen LogP contribution in [0.2, 0.25) is 0 Å². The van der Waals surface area contributed by atoms with Crippen molar-refractivity contribution in [3.05, 3.63) is 18.1 Å². The van der Waals surface area contributed by atoms with Gasteiger partial charge in [-0.2, -0.15) is 0 Å². The molecular weight excluding hydrogens is 232 g/mol. The van der Waals surface area contributed by atoms with Crippen molar-refractivity contribution in [1.29, 1.82) is 0 Å². The highest BCUT2D eigenvalue weighted by Gasteiger charge is 2.15. The lowest BCUT2D eigenvalue weighted by Crippen LogP contribution is -2.31. The Morgan fingerprint density at radius 3 is 2.59 bits per heavy atom. The molecule has 94 valence electrons. The number of hydrogen-bond donors (Lipinski definition) is 1. The van der Waals surface area contributed by atoms with Crippen molar-refractivity contribution in [3.8, 4) is 0 Å². The van der Waals surface area contributed by atoms with E-state index >= 15 is 0 Å². The van der Waals surface area contributed by atoms with Crippen LogP contribution in [0, 0.1) is 5.92 Å². The zero-order valence-electron chi connectivity index (χ0n) is 10.7. The van der Waals surface area contributed by atoms with Crippen molar-refractivity contribution in [2.75, 3.05) is 18.0 Å². The molecule has 0 amide bonds. The van der Waals surface area contributed by atoms with E-state index in [1.807, 2.05) is 0 Å². The number of hydrogen-bond acceptors (Lipinski definition) is 4. The second kappa shape index (κ2) is 6.49. The first-order valence-corrected chi connectivity index (χ1v) is 6.36. The number of thiocarbonyl (C=S) groups is 1. The molecule has 0 aliphatic rings. The Bertz CT molecular complexity index is 381. The average molecular weight is 252 g/mol. The SMILES string of the molecule is CCC(C)CN(CC)c1nccnc1C(N)=S. The Hall–Kier alpha value is -1.23. The first-order chi connectivity index (χ1) is 8.10. The van der Waals surface area contributed by atoms with Crippen LogP contribution in [0.1, 0.15) is 32.9 Å². The van der Waals surface area contributed by atoms with Crippen molar-refractivity contribution < 1.29 is 0 Å². The first kappa shape index (κ1) is 13.8. The Morgan fingerprint density at radius 1 is 1.41 bits per heavy atom. The summed E-state index contributed by atoms with van der Waals surface area (Å²) in [5.74, 6) is 1.40. The normalized spacial score (nSPS) is 12.2. The zero-order valence-corrected chi connectivity index (χ0v) is 11.5. The number of nitrogens with zero attached hydrogens (tertiary/aromatic N) is 3. The maximum Gasteiger partial charge on any atom is 0.157 e. The largest absolute Gasteiger partial charge is 0.388 e. The highest BCUT2D eigenvalue weighted by atomic mass is 32.1. The van der Waals surface area contributed by atoms with Gasteiger partial charge in [0.2, 0.25) is 0 Å². The molecule has 2 N–H and O–H groups in total.